The summed E-state index contributed by atoms with van der Waals surface area (Å²) in [6.07, 6.45) is 0. The van der Waals surface area contributed by atoms with Gasteiger partial charge < -0.3 is 0 Å². The average Bonchev–Trinajstić information content (AvgIpc) is 3.08. The number of hydrogen-bond donors (Lipinski definition) is 0. The Morgan fingerprint density at radius 3 is 1.44 bits per heavy atom. The van der Waals surface area contributed by atoms with Gasteiger partial charge in [-0.25, -0.2) is 0 Å². The third kappa shape index (κ3) is 2.45. The molecule has 4 rings (SSSR count). The van der Waals surface area contributed by atoms with E-state index in [4.69, 9.17) is 0 Å². The minimum Gasteiger partial charge on any atom is -0.144 e. The van der Waals surface area contributed by atoms with Gasteiger partial charge in [0.1, 0.15) is 0 Å². The largest absolute Gasteiger partial charge is 1.00 e. The summed E-state index contributed by atoms with van der Waals surface area (Å²) in [5, 5.41) is 6.93. The second-order valence-corrected chi connectivity index (χ2v) is 5.81. The second-order valence-electron chi connectivity index (χ2n) is 3.92. The van der Waals surface area contributed by atoms with Gasteiger partial charge in [0.25, 0.3) is 0 Å². The van der Waals surface area contributed by atoms with Crippen molar-refractivity contribution in [1.82, 2.24) is 0 Å². The first-order valence-corrected chi connectivity index (χ1v) is 7.54. The molecule has 0 spiro atoms. The van der Waals surface area contributed by atoms with Crippen molar-refractivity contribution in [3.63, 3.8) is 0 Å². The minimum absolute atomic E-state index is 0. The van der Waals surface area contributed by atoms with Crippen molar-refractivity contribution >= 4 is 42.8 Å². The average molecular weight is 269 g/mol. The topological polar surface area (TPSA) is 0 Å². The Labute approximate surface area is 116 Å². The van der Waals surface area contributed by atoms with Crippen molar-refractivity contribution in [2.24, 2.45) is 0 Å². The molecule has 88 valence electrons. The van der Waals surface area contributed by atoms with E-state index in [0.29, 0.717) is 0 Å². The maximum absolute atomic E-state index is 2.14. The molecule has 0 unspecified atom stereocenters. The molecule has 0 bridgehead atoms. The van der Waals surface area contributed by atoms with Crippen LogP contribution in [-0.4, -0.2) is 0 Å². The van der Waals surface area contributed by atoms with Crippen molar-refractivity contribution < 1.29 is 1.43 Å². The van der Waals surface area contributed by atoms with E-state index < -0.39 is 0 Å². The maximum Gasteiger partial charge on any atom is 1.00 e. The summed E-state index contributed by atoms with van der Waals surface area (Å²) in [4.78, 5) is 0. The molecule has 0 nitrogen and oxygen atoms in total. The van der Waals surface area contributed by atoms with Gasteiger partial charge in [-0.2, -0.15) is 0 Å². The summed E-state index contributed by atoms with van der Waals surface area (Å²) in [6.45, 7) is 0. The SMILES string of the molecule is [H+].c1ccc2sccc2c1.c1ccc2sccc2c1. The van der Waals surface area contributed by atoms with E-state index in [-0.39, 0.29) is 1.43 Å². The highest BCUT2D eigenvalue weighted by Gasteiger charge is 1.88. The monoisotopic (exact) mass is 269 g/mol. The zero-order valence-electron chi connectivity index (χ0n) is 10.7. The lowest BCUT2D eigenvalue weighted by Crippen LogP contribution is -1.56. The van der Waals surface area contributed by atoms with Crippen LogP contribution in [-0.2, 0) is 0 Å². The molecule has 18 heavy (non-hydrogen) atoms. The van der Waals surface area contributed by atoms with Crippen molar-refractivity contribution in [2.45, 2.75) is 0 Å². The zero-order chi connectivity index (χ0) is 12.2. The van der Waals surface area contributed by atoms with E-state index in [1.165, 1.54) is 20.2 Å². The Balaban J connectivity index is 0.000000133. The molecule has 0 saturated heterocycles. The van der Waals surface area contributed by atoms with Crippen LogP contribution in [0.4, 0.5) is 0 Å². The molecule has 0 fully saturated rings. The summed E-state index contributed by atoms with van der Waals surface area (Å²) in [5.74, 6) is 0. The van der Waals surface area contributed by atoms with E-state index in [9.17, 15) is 0 Å². The second kappa shape index (κ2) is 5.34. The molecule has 0 saturated carbocycles. The Bertz CT molecular complexity index is 629. The van der Waals surface area contributed by atoms with Crippen LogP contribution in [0, 0.1) is 0 Å². The van der Waals surface area contributed by atoms with Gasteiger partial charge in [-0.05, 0) is 45.8 Å². The van der Waals surface area contributed by atoms with Gasteiger partial charge in [-0.3, -0.25) is 0 Å². The molecule has 0 atom stereocenters. The van der Waals surface area contributed by atoms with Crippen molar-refractivity contribution in [3.8, 4) is 0 Å². The summed E-state index contributed by atoms with van der Waals surface area (Å²) in [6, 6.07) is 21.1. The minimum atomic E-state index is 0. The fourth-order valence-corrected chi connectivity index (χ4v) is 3.39. The Kier molecular flexibility index (Phi) is 3.40. The first-order valence-electron chi connectivity index (χ1n) is 5.78. The lowest BCUT2D eigenvalue weighted by Gasteiger charge is -1.82. The molecule has 2 heterocycles. The molecule has 2 aromatic heterocycles. The van der Waals surface area contributed by atoms with Gasteiger partial charge in [0.2, 0.25) is 0 Å². The number of fused-ring (bicyclic) bond motifs is 2. The predicted octanol–water partition coefficient (Wildman–Crippen LogP) is 5.92. The van der Waals surface area contributed by atoms with E-state index in [1.54, 1.807) is 22.7 Å². The van der Waals surface area contributed by atoms with Crippen molar-refractivity contribution in [3.05, 3.63) is 71.4 Å². The van der Waals surface area contributed by atoms with Crippen LogP contribution < -0.4 is 0 Å². The molecule has 0 aliphatic heterocycles. The highest BCUT2D eigenvalue weighted by Crippen LogP contribution is 2.19. The molecule has 2 aromatic carbocycles. The first-order chi connectivity index (χ1) is 8.93. The molecular formula is C16H13S2+. The Morgan fingerprint density at radius 1 is 0.556 bits per heavy atom. The summed E-state index contributed by atoms with van der Waals surface area (Å²) in [7, 11) is 0. The number of thiophene rings is 2. The number of benzene rings is 2. The summed E-state index contributed by atoms with van der Waals surface area (Å²) >= 11 is 3.57. The van der Waals surface area contributed by atoms with E-state index in [0.717, 1.165) is 0 Å². The summed E-state index contributed by atoms with van der Waals surface area (Å²) < 4.78 is 2.75. The van der Waals surface area contributed by atoms with Crippen LogP contribution in [0.2, 0.25) is 0 Å². The zero-order valence-corrected chi connectivity index (χ0v) is 11.4. The van der Waals surface area contributed by atoms with Gasteiger partial charge in [0.15, 0.2) is 0 Å². The molecule has 0 amide bonds. The molecule has 0 N–H and O–H groups in total. The number of rotatable bonds is 0. The van der Waals surface area contributed by atoms with Crippen LogP contribution in [0.1, 0.15) is 1.43 Å². The highest BCUT2D eigenvalue weighted by molar-refractivity contribution is 7.17. The van der Waals surface area contributed by atoms with E-state index >= 15 is 0 Å². The van der Waals surface area contributed by atoms with E-state index in [2.05, 4.69) is 71.4 Å². The highest BCUT2D eigenvalue weighted by atomic mass is 32.1. The van der Waals surface area contributed by atoms with Crippen LogP contribution >= 0.6 is 22.7 Å². The van der Waals surface area contributed by atoms with E-state index in [1.807, 2.05) is 0 Å². The Morgan fingerprint density at radius 2 is 1.00 bits per heavy atom. The molecule has 0 aliphatic carbocycles. The first kappa shape index (κ1) is 11.5. The van der Waals surface area contributed by atoms with Crippen LogP contribution in [0.15, 0.2) is 71.4 Å². The number of hydrogen-bond acceptors (Lipinski definition) is 2. The van der Waals surface area contributed by atoms with Crippen LogP contribution in [0.25, 0.3) is 20.2 Å². The maximum atomic E-state index is 2.14. The molecular weight excluding hydrogens is 256 g/mol. The molecule has 4 aromatic rings. The predicted molar refractivity (Wildman–Crippen MR) is 84.8 cm³/mol. The van der Waals surface area contributed by atoms with Crippen LogP contribution in [0.5, 0.6) is 0 Å². The van der Waals surface area contributed by atoms with Crippen LogP contribution in [0.3, 0.4) is 0 Å². The van der Waals surface area contributed by atoms with Gasteiger partial charge in [-0.1, -0.05) is 36.4 Å². The quantitative estimate of drug-likeness (QED) is 0.372. The fourth-order valence-electron chi connectivity index (χ4n) is 1.81. The molecule has 2 heteroatoms. The molecule has 0 radical (unpaired) electrons. The third-order valence-electron chi connectivity index (χ3n) is 2.72. The lowest BCUT2D eigenvalue weighted by molar-refractivity contribution is 1.86. The van der Waals surface area contributed by atoms with Gasteiger partial charge in [-0.15, -0.1) is 22.7 Å². The third-order valence-corrected chi connectivity index (χ3v) is 4.52. The Hall–Kier alpha value is -1.64. The van der Waals surface area contributed by atoms with Crippen molar-refractivity contribution in [2.75, 3.05) is 0 Å². The molecule has 0 aliphatic rings. The van der Waals surface area contributed by atoms with Gasteiger partial charge >= 0.3 is 1.43 Å². The van der Waals surface area contributed by atoms with Gasteiger partial charge in [0, 0.05) is 9.40 Å². The lowest BCUT2D eigenvalue weighted by atomic mass is 10.3. The van der Waals surface area contributed by atoms with Gasteiger partial charge in [0.05, 0.1) is 0 Å². The fraction of sp³-hybridized carbons (Fsp3) is 0. The standard InChI is InChI=1S/2C8H6S/c2*1-2-4-8-7(3-1)5-6-9-8/h2*1-6H/p+1. The van der Waals surface area contributed by atoms with Crippen molar-refractivity contribution in [1.29, 1.82) is 0 Å². The summed E-state index contributed by atoms with van der Waals surface area (Å²) in [5.41, 5.74) is 0. The normalized spacial score (nSPS) is 10.2. The smallest absolute Gasteiger partial charge is 0.144 e.